The second-order valence-corrected chi connectivity index (χ2v) is 5.61. The molecule has 2 rings (SSSR count). The van der Waals surface area contributed by atoms with Crippen molar-refractivity contribution >= 4 is 38.3 Å². The normalized spacial score (nSPS) is 11.9. The molecule has 1 aromatic heterocycles. The van der Waals surface area contributed by atoms with Crippen LogP contribution in [0, 0.1) is 6.92 Å². The summed E-state index contributed by atoms with van der Waals surface area (Å²) in [4.78, 5) is 11.9. The topological polar surface area (TPSA) is 64.1 Å². The molecule has 0 fully saturated rings. The first kappa shape index (κ1) is 14.0. The molecule has 1 amide bonds. The summed E-state index contributed by atoms with van der Waals surface area (Å²) in [6.07, 6.45) is -0.622. The van der Waals surface area contributed by atoms with E-state index in [2.05, 4.69) is 31.4 Å². The van der Waals surface area contributed by atoms with Gasteiger partial charge in [-0.3, -0.25) is 10.1 Å². The number of benzene rings is 1. The van der Waals surface area contributed by atoms with Gasteiger partial charge in [-0.1, -0.05) is 17.4 Å². The van der Waals surface area contributed by atoms with Gasteiger partial charge in [-0.25, -0.2) is 0 Å². The maximum Gasteiger partial charge on any atom is 0.266 e. The Balaban J connectivity index is 2.00. The smallest absolute Gasteiger partial charge is 0.266 e. The lowest BCUT2D eigenvalue weighted by molar-refractivity contribution is -0.122. The second kappa shape index (κ2) is 6.12. The maximum absolute atomic E-state index is 11.9. The molecular weight excluding hydrogens is 330 g/mol. The number of carbonyl (C=O) groups is 1. The lowest BCUT2D eigenvalue weighted by Crippen LogP contribution is -2.30. The standard InChI is InChI=1S/C12H12BrN3O2S/c1-7-3-4-10(9(13)5-7)18-8(2)11(17)15-12-16-14-6-19-12/h3-6,8H,1-2H3,(H,15,16,17). The minimum absolute atomic E-state index is 0.260. The zero-order valence-electron chi connectivity index (χ0n) is 10.4. The average molecular weight is 342 g/mol. The Hall–Kier alpha value is -1.47. The third-order valence-electron chi connectivity index (χ3n) is 2.35. The number of rotatable bonds is 4. The fourth-order valence-electron chi connectivity index (χ4n) is 1.38. The van der Waals surface area contributed by atoms with Gasteiger partial charge in [0.15, 0.2) is 6.10 Å². The SMILES string of the molecule is Cc1ccc(OC(C)C(=O)Nc2nncs2)c(Br)c1. The van der Waals surface area contributed by atoms with Crippen molar-refractivity contribution in [3.8, 4) is 5.75 Å². The van der Waals surface area contributed by atoms with Crippen molar-refractivity contribution in [2.24, 2.45) is 0 Å². The summed E-state index contributed by atoms with van der Waals surface area (Å²) < 4.78 is 6.43. The van der Waals surface area contributed by atoms with Crippen LogP contribution in [-0.4, -0.2) is 22.2 Å². The number of anilines is 1. The summed E-state index contributed by atoms with van der Waals surface area (Å²) in [6, 6.07) is 5.69. The average Bonchev–Trinajstić information content (AvgIpc) is 2.85. The van der Waals surface area contributed by atoms with E-state index in [1.165, 1.54) is 11.3 Å². The molecule has 1 aromatic carbocycles. The van der Waals surface area contributed by atoms with E-state index < -0.39 is 6.10 Å². The Labute approximate surface area is 123 Å². The van der Waals surface area contributed by atoms with Gasteiger partial charge in [-0.05, 0) is 47.5 Å². The molecule has 1 N–H and O–H groups in total. The van der Waals surface area contributed by atoms with E-state index in [0.717, 1.165) is 10.0 Å². The molecule has 100 valence electrons. The van der Waals surface area contributed by atoms with Crippen LogP contribution in [0.4, 0.5) is 5.13 Å². The summed E-state index contributed by atoms with van der Waals surface area (Å²) in [6.45, 7) is 3.67. The van der Waals surface area contributed by atoms with Gasteiger partial charge >= 0.3 is 0 Å². The number of carbonyl (C=O) groups excluding carboxylic acids is 1. The molecule has 0 aliphatic heterocycles. The Bertz CT molecular complexity index is 574. The van der Waals surface area contributed by atoms with Crippen LogP contribution in [0.5, 0.6) is 5.75 Å². The number of nitrogens with one attached hydrogen (secondary N) is 1. The zero-order valence-corrected chi connectivity index (χ0v) is 12.8. The first-order chi connectivity index (χ1) is 9.06. The molecule has 2 aromatic rings. The number of aromatic nitrogens is 2. The molecule has 0 bridgehead atoms. The summed E-state index contributed by atoms with van der Waals surface area (Å²) in [5.41, 5.74) is 2.67. The van der Waals surface area contributed by atoms with Gasteiger partial charge in [0.2, 0.25) is 5.13 Å². The number of nitrogens with zero attached hydrogens (tertiary/aromatic N) is 2. The lowest BCUT2D eigenvalue weighted by Gasteiger charge is -2.15. The Morgan fingerprint density at radius 2 is 2.32 bits per heavy atom. The highest BCUT2D eigenvalue weighted by Gasteiger charge is 2.17. The van der Waals surface area contributed by atoms with Crippen molar-refractivity contribution in [1.29, 1.82) is 0 Å². The highest BCUT2D eigenvalue weighted by molar-refractivity contribution is 9.10. The van der Waals surface area contributed by atoms with Gasteiger partial charge in [0.25, 0.3) is 5.91 Å². The van der Waals surface area contributed by atoms with Crippen LogP contribution in [0.25, 0.3) is 0 Å². The first-order valence-corrected chi connectivity index (χ1v) is 7.23. The van der Waals surface area contributed by atoms with Crippen molar-refractivity contribution in [3.05, 3.63) is 33.7 Å². The quantitative estimate of drug-likeness (QED) is 0.928. The van der Waals surface area contributed by atoms with E-state index in [4.69, 9.17) is 4.74 Å². The van der Waals surface area contributed by atoms with Crippen molar-refractivity contribution in [3.63, 3.8) is 0 Å². The minimum atomic E-state index is -0.622. The van der Waals surface area contributed by atoms with Crippen LogP contribution in [0.3, 0.4) is 0 Å². The second-order valence-electron chi connectivity index (χ2n) is 3.93. The summed E-state index contributed by atoms with van der Waals surface area (Å²) in [5, 5.41) is 10.5. The van der Waals surface area contributed by atoms with Crippen molar-refractivity contribution in [1.82, 2.24) is 10.2 Å². The van der Waals surface area contributed by atoms with Crippen LogP contribution < -0.4 is 10.1 Å². The van der Waals surface area contributed by atoms with Crippen LogP contribution >= 0.6 is 27.3 Å². The minimum Gasteiger partial charge on any atom is -0.480 e. The Morgan fingerprint density at radius 1 is 1.53 bits per heavy atom. The summed E-state index contributed by atoms with van der Waals surface area (Å²) in [5.74, 6) is 0.370. The van der Waals surface area contributed by atoms with Crippen molar-refractivity contribution in [2.75, 3.05) is 5.32 Å². The molecule has 0 saturated carbocycles. The number of hydrogen-bond donors (Lipinski definition) is 1. The van der Waals surface area contributed by atoms with E-state index in [1.807, 2.05) is 25.1 Å². The van der Waals surface area contributed by atoms with E-state index in [0.29, 0.717) is 10.9 Å². The fraction of sp³-hybridized carbons (Fsp3) is 0.250. The third kappa shape index (κ3) is 3.74. The largest absolute Gasteiger partial charge is 0.480 e. The molecule has 0 spiro atoms. The first-order valence-electron chi connectivity index (χ1n) is 5.56. The van der Waals surface area contributed by atoms with Crippen molar-refractivity contribution < 1.29 is 9.53 Å². The molecule has 19 heavy (non-hydrogen) atoms. The van der Waals surface area contributed by atoms with E-state index in [1.54, 1.807) is 12.4 Å². The summed E-state index contributed by atoms with van der Waals surface area (Å²) >= 11 is 4.67. The highest BCUT2D eigenvalue weighted by Crippen LogP contribution is 2.26. The molecule has 0 radical (unpaired) electrons. The summed E-state index contributed by atoms with van der Waals surface area (Å²) in [7, 11) is 0. The predicted molar refractivity (Wildman–Crippen MR) is 77.5 cm³/mol. The predicted octanol–water partition coefficient (Wildman–Crippen LogP) is 3.02. The molecule has 0 saturated heterocycles. The molecule has 0 aliphatic rings. The fourth-order valence-corrected chi connectivity index (χ4v) is 2.41. The van der Waals surface area contributed by atoms with Gasteiger partial charge in [-0.2, -0.15) is 0 Å². The number of aryl methyl sites for hydroxylation is 1. The molecular formula is C12H12BrN3O2S. The van der Waals surface area contributed by atoms with Crippen LogP contribution in [0.15, 0.2) is 28.2 Å². The monoisotopic (exact) mass is 341 g/mol. The highest BCUT2D eigenvalue weighted by atomic mass is 79.9. The van der Waals surface area contributed by atoms with Gasteiger partial charge in [0.05, 0.1) is 4.47 Å². The third-order valence-corrected chi connectivity index (χ3v) is 3.58. The van der Waals surface area contributed by atoms with Crippen LogP contribution in [0.2, 0.25) is 0 Å². The molecule has 7 heteroatoms. The molecule has 1 heterocycles. The molecule has 0 aliphatic carbocycles. The molecule has 1 unspecified atom stereocenters. The maximum atomic E-state index is 11.9. The zero-order chi connectivity index (χ0) is 13.8. The lowest BCUT2D eigenvalue weighted by atomic mass is 10.2. The van der Waals surface area contributed by atoms with E-state index in [-0.39, 0.29) is 5.91 Å². The molecule has 1 atom stereocenters. The number of ether oxygens (including phenoxy) is 1. The molecule has 5 nitrogen and oxygen atoms in total. The number of amides is 1. The van der Waals surface area contributed by atoms with Crippen LogP contribution in [0.1, 0.15) is 12.5 Å². The van der Waals surface area contributed by atoms with Gasteiger partial charge < -0.3 is 4.74 Å². The Morgan fingerprint density at radius 3 is 2.95 bits per heavy atom. The number of halogens is 1. The van der Waals surface area contributed by atoms with Gasteiger partial charge in [-0.15, -0.1) is 10.2 Å². The van der Waals surface area contributed by atoms with Crippen LogP contribution in [-0.2, 0) is 4.79 Å². The van der Waals surface area contributed by atoms with Gasteiger partial charge in [0, 0.05) is 0 Å². The van der Waals surface area contributed by atoms with E-state index >= 15 is 0 Å². The number of hydrogen-bond acceptors (Lipinski definition) is 5. The van der Waals surface area contributed by atoms with Gasteiger partial charge in [0.1, 0.15) is 11.3 Å². The Kier molecular flexibility index (Phi) is 4.49. The van der Waals surface area contributed by atoms with Crippen molar-refractivity contribution in [2.45, 2.75) is 20.0 Å². The van der Waals surface area contributed by atoms with E-state index in [9.17, 15) is 4.79 Å².